The van der Waals surface area contributed by atoms with Gasteiger partial charge in [0.25, 0.3) is 0 Å². The van der Waals surface area contributed by atoms with E-state index in [1.54, 1.807) is 0 Å². The first-order valence-corrected chi connectivity index (χ1v) is 4.02. The van der Waals surface area contributed by atoms with Crippen molar-refractivity contribution in [2.45, 2.75) is 31.0 Å². The first-order chi connectivity index (χ1) is 7.37. The summed E-state index contributed by atoms with van der Waals surface area (Å²) in [6.45, 7) is 0.713. The van der Waals surface area contributed by atoms with Crippen molar-refractivity contribution < 1.29 is 35.8 Å². The highest BCUT2D eigenvalue weighted by Gasteiger charge is 2.72. The summed E-state index contributed by atoms with van der Waals surface area (Å²) in [5.74, 6) is -10.2. The highest BCUT2D eigenvalue weighted by molar-refractivity contribution is 5.21. The second-order valence-corrected chi connectivity index (χ2v) is 3.15. The number of halogens is 7. The number of hydrogen-bond donors (Lipinski definition) is 1. The van der Waals surface area contributed by atoms with E-state index >= 15 is 0 Å². The molecule has 17 heavy (non-hydrogen) atoms. The number of terminal acetylenes is 1. The van der Waals surface area contributed by atoms with Gasteiger partial charge in [0.15, 0.2) is 0 Å². The van der Waals surface area contributed by atoms with Crippen LogP contribution in [0.5, 0.6) is 0 Å². The fraction of sp³-hybridized carbons (Fsp3) is 0.556. The SMILES string of the molecule is C#CC(O)/C(C)=C/C(F)(F)C(F)(F)C(F)(F)F. The molecule has 0 aliphatic heterocycles. The van der Waals surface area contributed by atoms with Gasteiger partial charge in [-0.1, -0.05) is 5.92 Å². The van der Waals surface area contributed by atoms with E-state index in [4.69, 9.17) is 5.11 Å². The molecule has 0 saturated heterocycles. The van der Waals surface area contributed by atoms with Crippen LogP contribution < -0.4 is 0 Å². The van der Waals surface area contributed by atoms with Gasteiger partial charge in [-0.2, -0.15) is 30.7 Å². The summed E-state index contributed by atoms with van der Waals surface area (Å²) in [6.07, 6.45) is -4.46. The third-order valence-electron chi connectivity index (χ3n) is 1.77. The van der Waals surface area contributed by atoms with Crippen molar-refractivity contribution in [3.63, 3.8) is 0 Å². The normalized spacial score (nSPS) is 16.6. The molecule has 0 aromatic carbocycles. The average Bonchev–Trinajstić information content (AvgIpc) is 2.13. The van der Waals surface area contributed by atoms with E-state index in [-0.39, 0.29) is 0 Å². The molecule has 0 aliphatic carbocycles. The lowest BCUT2D eigenvalue weighted by atomic mass is 10.1. The molecule has 0 aromatic heterocycles. The Morgan fingerprint density at radius 1 is 1.18 bits per heavy atom. The first kappa shape index (κ1) is 15.8. The van der Waals surface area contributed by atoms with E-state index in [1.807, 2.05) is 0 Å². The molecule has 1 unspecified atom stereocenters. The van der Waals surface area contributed by atoms with Gasteiger partial charge in [-0.15, -0.1) is 6.42 Å². The van der Waals surface area contributed by atoms with Crippen molar-refractivity contribution in [3.8, 4) is 12.3 Å². The summed E-state index contributed by atoms with van der Waals surface area (Å²) in [7, 11) is 0. The molecule has 0 bridgehead atoms. The van der Waals surface area contributed by atoms with Crippen LogP contribution in [-0.2, 0) is 0 Å². The summed E-state index contributed by atoms with van der Waals surface area (Å²) >= 11 is 0. The number of alkyl halides is 7. The van der Waals surface area contributed by atoms with Crippen LogP contribution in [0.4, 0.5) is 30.7 Å². The predicted octanol–water partition coefficient (Wildman–Crippen LogP) is 2.76. The lowest BCUT2D eigenvalue weighted by molar-refractivity contribution is -0.342. The molecule has 0 fully saturated rings. The van der Waals surface area contributed by atoms with Crippen LogP contribution >= 0.6 is 0 Å². The van der Waals surface area contributed by atoms with Crippen molar-refractivity contribution in [2.75, 3.05) is 0 Å². The molecular formula is C9H7F7O. The van der Waals surface area contributed by atoms with Gasteiger partial charge in [0.05, 0.1) is 0 Å². The smallest absolute Gasteiger partial charge is 0.376 e. The Balaban J connectivity index is 5.38. The summed E-state index contributed by atoms with van der Waals surface area (Å²) in [4.78, 5) is 0. The molecule has 0 radical (unpaired) electrons. The fourth-order valence-corrected chi connectivity index (χ4v) is 0.776. The summed E-state index contributed by atoms with van der Waals surface area (Å²) < 4.78 is 85.3. The van der Waals surface area contributed by atoms with Gasteiger partial charge in [0, 0.05) is 0 Å². The van der Waals surface area contributed by atoms with Gasteiger partial charge in [-0.3, -0.25) is 0 Å². The van der Waals surface area contributed by atoms with E-state index in [2.05, 4.69) is 6.42 Å². The van der Waals surface area contributed by atoms with Crippen molar-refractivity contribution in [3.05, 3.63) is 11.6 Å². The maximum atomic E-state index is 12.7. The van der Waals surface area contributed by atoms with E-state index in [9.17, 15) is 30.7 Å². The van der Waals surface area contributed by atoms with Gasteiger partial charge >= 0.3 is 18.0 Å². The maximum Gasteiger partial charge on any atom is 0.460 e. The van der Waals surface area contributed by atoms with E-state index in [1.165, 1.54) is 5.92 Å². The zero-order valence-corrected chi connectivity index (χ0v) is 8.33. The standard InChI is InChI=1S/C9H7F7O/c1-3-6(17)5(2)4-7(10,11)8(12,13)9(14,15)16/h1,4,6,17H,2H3/b5-4+. The fourth-order valence-electron chi connectivity index (χ4n) is 0.776. The van der Waals surface area contributed by atoms with Crippen molar-refractivity contribution >= 4 is 0 Å². The zero-order chi connectivity index (χ0) is 14.1. The third kappa shape index (κ3) is 3.12. The third-order valence-corrected chi connectivity index (χ3v) is 1.77. The minimum absolute atomic E-state index is 0.689. The van der Waals surface area contributed by atoms with Crippen LogP contribution in [0.1, 0.15) is 6.92 Å². The Morgan fingerprint density at radius 2 is 1.59 bits per heavy atom. The number of rotatable bonds is 3. The minimum Gasteiger partial charge on any atom is -0.376 e. The number of aliphatic hydroxyl groups is 1. The van der Waals surface area contributed by atoms with Crippen LogP contribution in [0.15, 0.2) is 11.6 Å². The molecule has 8 heteroatoms. The van der Waals surface area contributed by atoms with Crippen molar-refractivity contribution in [2.24, 2.45) is 0 Å². The quantitative estimate of drug-likeness (QED) is 0.472. The Morgan fingerprint density at radius 3 is 1.88 bits per heavy atom. The molecule has 0 aromatic rings. The van der Waals surface area contributed by atoms with E-state index in [0.717, 1.165) is 0 Å². The molecule has 1 atom stereocenters. The van der Waals surface area contributed by atoms with Crippen LogP contribution in [0, 0.1) is 12.3 Å². The van der Waals surface area contributed by atoms with Gasteiger partial charge in [-0.25, -0.2) is 0 Å². The second kappa shape index (κ2) is 4.56. The van der Waals surface area contributed by atoms with Crippen molar-refractivity contribution in [1.82, 2.24) is 0 Å². The zero-order valence-electron chi connectivity index (χ0n) is 8.33. The van der Waals surface area contributed by atoms with Gasteiger partial charge in [0.2, 0.25) is 0 Å². The van der Waals surface area contributed by atoms with E-state index < -0.39 is 35.8 Å². The molecule has 0 heterocycles. The summed E-state index contributed by atoms with van der Waals surface area (Å²) in [6, 6.07) is 0. The molecule has 0 rings (SSSR count). The largest absolute Gasteiger partial charge is 0.460 e. The highest BCUT2D eigenvalue weighted by atomic mass is 19.4. The molecule has 1 nitrogen and oxygen atoms in total. The molecular weight excluding hydrogens is 257 g/mol. The minimum atomic E-state index is -6.41. The summed E-state index contributed by atoms with van der Waals surface area (Å²) in [5, 5.41) is 8.79. The monoisotopic (exact) mass is 264 g/mol. The van der Waals surface area contributed by atoms with Gasteiger partial charge in [0.1, 0.15) is 6.10 Å². The Labute approximate surface area is 91.9 Å². The molecule has 0 amide bonds. The van der Waals surface area contributed by atoms with Crippen LogP contribution in [0.25, 0.3) is 0 Å². The highest BCUT2D eigenvalue weighted by Crippen LogP contribution is 2.47. The first-order valence-electron chi connectivity index (χ1n) is 4.02. The Kier molecular flexibility index (Phi) is 4.23. The maximum absolute atomic E-state index is 12.7. The topological polar surface area (TPSA) is 20.2 Å². The lowest BCUT2D eigenvalue weighted by Gasteiger charge is -2.26. The van der Waals surface area contributed by atoms with Crippen molar-refractivity contribution in [1.29, 1.82) is 0 Å². The Bertz CT molecular complexity index is 347. The van der Waals surface area contributed by atoms with Gasteiger partial charge < -0.3 is 5.11 Å². The van der Waals surface area contributed by atoms with Gasteiger partial charge in [-0.05, 0) is 18.6 Å². The van der Waals surface area contributed by atoms with E-state index in [0.29, 0.717) is 6.92 Å². The average molecular weight is 264 g/mol. The van der Waals surface area contributed by atoms with Crippen LogP contribution in [-0.4, -0.2) is 29.2 Å². The summed E-state index contributed by atoms with van der Waals surface area (Å²) in [5.41, 5.74) is -0.874. The van der Waals surface area contributed by atoms with Crippen LogP contribution in [0.2, 0.25) is 0 Å². The molecule has 0 spiro atoms. The molecule has 98 valence electrons. The predicted molar refractivity (Wildman–Crippen MR) is 44.5 cm³/mol. The Hall–Kier alpha value is -1.23. The molecule has 1 N–H and O–H groups in total. The van der Waals surface area contributed by atoms with Crippen LogP contribution in [0.3, 0.4) is 0 Å². The number of aliphatic hydroxyl groups excluding tert-OH is 1. The second-order valence-electron chi connectivity index (χ2n) is 3.15. The number of hydrogen-bond acceptors (Lipinski definition) is 1. The molecule has 0 aliphatic rings. The molecule has 0 saturated carbocycles. The lowest BCUT2D eigenvalue weighted by Crippen LogP contribution is -2.51. The number of allylic oxidation sites excluding steroid dienone is 1.